The largest absolute Gasteiger partial charge is 0.441 e. The van der Waals surface area contributed by atoms with Crippen molar-refractivity contribution >= 4 is 6.09 Å². The molecule has 0 aromatic heterocycles. The number of carbonyl (C=O) groups is 1. The number of hydrogen-bond donors (Lipinski definition) is 1. The molecule has 4 nitrogen and oxygen atoms in total. The van der Waals surface area contributed by atoms with Gasteiger partial charge in [0.15, 0.2) is 0 Å². The van der Waals surface area contributed by atoms with Crippen LogP contribution in [0, 0.1) is 5.92 Å². The number of cyclic esters (lactones) is 1. The van der Waals surface area contributed by atoms with Crippen molar-refractivity contribution in [1.29, 1.82) is 0 Å². The number of alkyl carbamates (subject to hydrolysis) is 1. The van der Waals surface area contributed by atoms with E-state index in [1.165, 1.54) is 0 Å². The molecule has 1 heterocycles. The molecule has 4 heteroatoms. The number of carbonyl (C=O) groups excluding carboxylic acids is 1. The smallest absolute Gasteiger partial charge is 0.407 e. The van der Waals surface area contributed by atoms with Crippen LogP contribution in [0.3, 0.4) is 0 Å². The highest BCUT2D eigenvalue weighted by molar-refractivity contribution is 5.70. The zero-order valence-corrected chi connectivity index (χ0v) is 8.76. The summed E-state index contributed by atoms with van der Waals surface area (Å²) in [5.74, 6) is 0.335. The van der Waals surface area contributed by atoms with Crippen molar-refractivity contribution in [2.24, 2.45) is 5.92 Å². The normalized spacial score (nSPS) is 30.1. The Balaban J connectivity index is 2.54. The van der Waals surface area contributed by atoms with E-state index in [0.29, 0.717) is 12.5 Å². The Kier molecular flexibility index (Phi) is 2.81. The molecule has 13 heavy (non-hydrogen) atoms. The maximum absolute atomic E-state index is 10.9. The van der Waals surface area contributed by atoms with Gasteiger partial charge in [0.25, 0.3) is 0 Å². The minimum atomic E-state index is -0.346. The van der Waals surface area contributed by atoms with Crippen LogP contribution in [0.2, 0.25) is 0 Å². The van der Waals surface area contributed by atoms with Crippen LogP contribution in [0.1, 0.15) is 13.8 Å². The van der Waals surface area contributed by atoms with Gasteiger partial charge in [-0.15, -0.1) is 0 Å². The van der Waals surface area contributed by atoms with Gasteiger partial charge in [0, 0.05) is 12.5 Å². The first-order valence-electron chi connectivity index (χ1n) is 4.55. The summed E-state index contributed by atoms with van der Waals surface area (Å²) in [6, 6.07) is 0. The third-order valence-corrected chi connectivity index (χ3v) is 2.59. The summed E-state index contributed by atoms with van der Waals surface area (Å²) in [5.41, 5.74) is -0.346. The Morgan fingerprint density at radius 3 is 2.69 bits per heavy atom. The Bertz CT molecular complexity index is 206. The van der Waals surface area contributed by atoms with E-state index in [4.69, 9.17) is 4.74 Å². The van der Waals surface area contributed by atoms with E-state index in [-0.39, 0.29) is 11.7 Å². The van der Waals surface area contributed by atoms with Gasteiger partial charge in [-0.3, -0.25) is 0 Å². The number of hydrogen-bond acceptors (Lipinski definition) is 3. The molecule has 2 atom stereocenters. The molecule has 0 aromatic carbocycles. The Morgan fingerprint density at radius 2 is 2.31 bits per heavy atom. The second-order valence-corrected chi connectivity index (χ2v) is 4.22. The number of rotatable bonds is 3. The monoisotopic (exact) mass is 186 g/mol. The zero-order valence-electron chi connectivity index (χ0n) is 8.76. The van der Waals surface area contributed by atoms with Gasteiger partial charge in [-0.05, 0) is 21.0 Å². The van der Waals surface area contributed by atoms with Crippen molar-refractivity contribution in [2.75, 3.05) is 27.2 Å². The molecule has 1 aliphatic heterocycles. The van der Waals surface area contributed by atoms with Crippen LogP contribution in [0.15, 0.2) is 0 Å². The van der Waals surface area contributed by atoms with Crippen molar-refractivity contribution in [3.05, 3.63) is 0 Å². The standard InChI is InChI=1S/C9H18N2O2/c1-7(5-11(3)4)9(2)6-10-8(12)13-9/h7H,5-6H2,1-4H3,(H,10,12)/t7?,9-/m0/s1. The predicted octanol–water partition coefficient (Wildman–Crippen LogP) is 0.683. The molecule has 0 aliphatic carbocycles. The molecule has 1 N–H and O–H groups in total. The minimum Gasteiger partial charge on any atom is -0.441 e. The lowest BCUT2D eigenvalue weighted by atomic mass is 9.91. The van der Waals surface area contributed by atoms with Gasteiger partial charge >= 0.3 is 6.09 Å². The predicted molar refractivity (Wildman–Crippen MR) is 50.6 cm³/mol. The Labute approximate surface area is 79.2 Å². The molecule has 0 aromatic rings. The third kappa shape index (κ3) is 2.34. The molecule has 1 amide bonds. The molecule has 1 fully saturated rings. The lowest BCUT2D eigenvalue weighted by Gasteiger charge is -2.30. The molecule has 1 aliphatic rings. The average Bonchev–Trinajstić information content (AvgIpc) is 2.31. The van der Waals surface area contributed by atoms with E-state index in [1.807, 2.05) is 21.0 Å². The minimum absolute atomic E-state index is 0.298. The fraction of sp³-hybridized carbons (Fsp3) is 0.889. The molecular formula is C9H18N2O2. The summed E-state index contributed by atoms with van der Waals surface area (Å²) in [6.45, 7) is 5.60. The fourth-order valence-corrected chi connectivity index (χ4v) is 1.55. The SMILES string of the molecule is CC(CN(C)C)[C@]1(C)CNC(=O)O1. The summed E-state index contributed by atoms with van der Waals surface area (Å²) in [6.07, 6.45) is -0.298. The van der Waals surface area contributed by atoms with Crippen molar-refractivity contribution < 1.29 is 9.53 Å². The van der Waals surface area contributed by atoms with Gasteiger partial charge in [0.05, 0.1) is 6.54 Å². The first-order valence-corrected chi connectivity index (χ1v) is 4.55. The molecule has 0 spiro atoms. The van der Waals surface area contributed by atoms with E-state index >= 15 is 0 Å². The summed E-state index contributed by atoms with van der Waals surface area (Å²) < 4.78 is 5.23. The maximum Gasteiger partial charge on any atom is 0.407 e. The van der Waals surface area contributed by atoms with E-state index < -0.39 is 0 Å². The van der Waals surface area contributed by atoms with Crippen LogP contribution in [-0.4, -0.2) is 43.8 Å². The van der Waals surface area contributed by atoms with Crippen molar-refractivity contribution in [3.8, 4) is 0 Å². The molecule has 76 valence electrons. The van der Waals surface area contributed by atoms with Crippen molar-refractivity contribution in [2.45, 2.75) is 19.4 Å². The zero-order chi connectivity index (χ0) is 10.1. The summed E-state index contributed by atoms with van der Waals surface area (Å²) >= 11 is 0. The molecular weight excluding hydrogens is 168 g/mol. The number of ether oxygens (including phenoxy) is 1. The van der Waals surface area contributed by atoms with Gasteiger partial charge in [-0.2, -0.15) is 0 Å². The van der Waals surface area contributed by atoms with Crippen LogP contribution in [0.25, 0.3) is 0 Å². The number of nitrogens with one attached hydrogen (secondary N) is 1. The molecule has 0 bridgehead atoms. The maximum atomic E-state index is 10.9. The summed E-state index contributed by atoms with van der Waals surface area (Å²) in [7, 11) is 4.04. The van der Waals surface area contributed by atoms with Crippen LogP contribution in [-0.2, 0) is 4.74 Å². The fourth-order valence-electron chi connectivity index (χ4n) is 1.55. The van der Waals surface area contributed by atoms with Gasteiger partial charge in [-0.25, -0.2) is 4.79 Å². The summed E-state index contributed by atoms with van der Waals surface area (Å²) in [4.78, 5) is 13.0. The number of nitrogens with zero attached hydrogens (tertiary/aromatic N) is 1. The van der Waals surface area contributed by atoms with Crippen LogP contribution in [0.4, 0.5) is 4.79 Å². The van der Waals surface area contributed by atoms with Gasteiger partial charge in [0.2, 0.25) is 0 Å². The highest BCUT2D eigenvalue weighted by atomic mass is 16.6. The van der Waals surface area contributed by atoms with Crippen LogP contribution < -0.4 is 5.32 Å². The highest BCUT2D eigenvalue weighted by Gasteiger charge is 2.40. The highest BCUT2D eigenvalue weighted by Crippen LogP contribution is 2.25. The quantitative estimate of drug-likeness (QED) is 0.705. The first kappa shape index (κ1) is 10.3. The van der Waals surface area contributed by atoms with Gasteiger partial charge < -0.3 is 15.0 Å². The van der Waals surface area contributed by atoms with E-state index in [0.717, 1.165) is 6.54 Å². The van der Waals surface area contributed by atoms with Crippen LogP contribution >= 0.6 is 0 Å². The molecule has 0 radical (unpaired) electrons. The lowest BCUT2D eigenvalue weighted by Crippen LogP contribution is -2.41. The van der Waals surface area contributed by atoms with E-state index in [1.54, 1.807) is 0 Å². The van der Waals surface area contributed by atoms with Crippen molar-refractivity contribution in [3.63, 3.8) is 0 Å². The first-order chi connectivity index (χ1) is 5.94. The third-order valence-electron chi connectivity index (χ3n) is 2.59. The summed E-state index contributed by atoms with van der Waals surface area (Å²) in [5, 5.41) is 2.68. The number of amides is 1. The molecule has 0 saturated carbocycles. The molecule has 1 rings (SSSR count). The van der Waals surface area contributed by atoms with Gasteiger partial charge in [0.1, 0.15) is 5.60 Å². The molecule has 1 saturated heterocycles. The Hall–Kier alpha value is -0.770. The van der Waals surface area contributed by atoms with Crippen LogP contribution in [0.5, 0.6) is 0 Å². The van der Waals surface area contributed by atoms with Gasteiger partial charge in [-0.1, -0.05) is 6.92 Å². The second kappa shape index (κ2) is 3.54. The average molecular weight is 186 g/mol. The van der Waals surface area contributed by atoms with Crippen molar-refractivity contribution in [1.82, 2.24) is 10.2 Å². The van der Waals surface area contributed by atoms with E-state index in [9.17, 15) is 4.79 Å². The second-order valence-electron chi connectivity index (χ2n) is 4.22. The topological polar surface area (TPSA) is 41.6 Å². The lowest BCUT2D eigenvalue weighted by molar-refractivity contribution is 0.0191. The van der Waals surface area contributed by atoms with E-state index in [2.05, 4.69) is 17.1 Å². The Morgan fingerprint density at radius 1 is 1.69 bits per heavy atom. The molecule has 1 unspecified atom stereocenters.